The van der Waals surface area contributed by atoms with Gasteiger partial charge in [-0.3, -0.25) is 24.4 Å². The summed E-state index contributed by atoms with van der Waals surface area (Å²) in [5.74, 6) is -0.509. The first-order valence-electron chi connectivity index (χ1n) is 18.9. The first kappa shape index (κ1) is 35.6. The van der Waals surface area contributed by atoms with Crippen molar-refractivity contribution in [2.75, 3.05) is 33.3 Å². The van der Waals surface area contributed by atoms with E-state index < -0.39 is 60.1 Å². The number of hydrogen-bond donors (Lipinski definition) is 3. The van der Waals surface area contributed by atoms with Crippen LogP contribution in [-0.4, -0.2) is 100 Å². The van der Waals surface area contributed by atoms with Gasteiger partial charge in [0.15, 0.2) is 6.04 Å². The number of fused-ring (bicyclic) bond motifs is 1. The van der Waals surface area contributed by atoms with Gasteiger partial charge in [-0.1, -0.05) is 60.7 Å². The highest BCUT2D eigenvalue weighted by molar-refractivity contribution is 6.09. The fraction of sp³-hybridized carbons (Fsp3) is 0.463. The van der Waals surface area contributed by atoms with E-state index in [4.69, 9.17) is 4.74 Å². The number of hydrogen-bond acceptors (Lipinski definition) is 8. The van der Waals surface area contributed by atoms with Crippen LogP contribution in [0.3, 0.4) is 0 Å². The molecular formula is C41H46N6O7. The zero-order valence-electron chi connectivity index (χ0n) is 30.6. The van der Waals surface area contributed by atoms with Gasteiger partial charge in [0.05, 0.1) is 13.7 Å². The van der Waals surface area contributed by atoms with Gasteiger partial charge in [0.2, 0.25) is 5.91 Å². The number of nitrogens with zero attached hydrogens (tertiary/aromatic N) is 4. The quantitative estimate of drug-likeness (QED) is 0.243. The average molecular weight is 735 g/mol. The molecule has 4 saturated carbocycles. The second kappa shape index (κ2) is 13.7. The monoisotopic (exact) mass is 734 g/mol. The number of amidine groups is 1. The zero-order valence-corrected chi connectivity index (χ0v) is 30.6. The second-order valence-corrected chi connectivity index (χ2v) is 15.9. The Kier molecular flexibility index (Phi) is 9.06. The van der Waals surface area contributed by atoms with Crippen molar-refractivity contribution in [3.63, 3.8) is 0 Å². The van der Waals surface area contributed by atoms with Gasteiger partial charge < -0.3 is 25.4 Å². The van der Waals surface area contributed by atoms with Crippen molar-refractivity contribution in [2.45, 2.75) is 69.1 Å². The summed E-state index contributed by atoms with van der Waals surface area (Å²) in [7, 11) is 1.24. The molecular weight excluding hydrogens is 688 g/mol. The molecule has 13 nitrogen and oxygen atoms in total. The van der Waals surface area contributed by atoms with Crippen LogP contribution in [0, 0.1) is 17.8 Å². The third kappa shape index (κ3) is 6.12. The molecule has 5 fully saturated rings. The van der Waals surface area contributed by atoms with Crippen molar-refractivity contribution in [3.05, 3.63) is 83.4 Å². The molecule has 9 rings (SSSR count). The molecule has 6 aliphatic rings. The summed E-state index contributed by atoms with van der Waals surface area (Å²) in [4.78, 5) is 76.8. The summed E-state index contributed by atoms with van der Waals surface area (Å²) in [6.07, 6.45) is 4.67. The zero-order chi connectivity index (χ0) is 37.8. The maximum atomic E-state index is 14.5. The fourth-order valence-electron chi connectivity index (χ4n) is 10.3. The Labute approximate surface area is 313 Å². The number of rotatable bonds is 11. The molecule has 0 spiro atoms. The maximum absolute atomic E-state index is 14.5. The number of carboxylic acids is 1. The number of ether oxygens (including phenoxy) is 1. The number of amides is 5. The predicted octanol–water partition coefficient (Wildman–Crippen LogP) is 4.48. The number of methoxy groups -OCH3 is 1. The molecule has 0 unspecified atom stereocenters. The lowest BCUT2D eigenvalue weighted by atomic mass is 9.52. The number of nitrogens with one attached hydrogen (secondary N) is 2. The van der Waals surface area contributed by atoms with Gasteiger partial charge in [0, 0.05) is 30.7 Å². The first-order chi connectivity index (χ1) is 26.0. The van der Waals surface area contributed by atoms with E-state index in [1.165, 1.54) is 16.9 Å². The highest BCUT2D eigenvalue weighted by atomic mass is 16.5. The van der Waals surface area contributed by atoms with Gasteiger partial charge in [-0.15, -0.1) is 0 Å². The van der Waals surface area contributed by atoms with Gasteiger partial charge in [-0.2, -0.15) is 0 Å². The third-order valence-corrected chi connectivity index (χ3v) is 12.5. The molecule has 0 aromatic heterocycles. The highest BCUT2D eigenvalue weighted by Crippen LogP contribution is 2.58. The number of aliphatic imine (C=N–C) groups is 1. The van der Waals surface area contributed by atoms with Gasteiger partial charge in [0.1, 0.15) is 17.9 Å². The van der Waals surface area contributed by atoms with E-state index in [1.54, 1.807) is 6.92 Å². The fourth-order valence-corrected chi connectivity index (χ4v) is 10.3. The van der Waals surface area contributed by atoms with Crippen molar-refractivity contribution >= 4 is 46.5 Å². The third-order valence-electron chi connectivity index (χ3n) is 12.5. The van der Waals surface area contributed by atoms with E-state index in [-0.39, 0.29) is 6.54 Å². The molecule has 3 aromatic carbocycles. The highest BCUT2D eigenvalue weighted by Gasteiger charge is 2.58. The lowest BCUT2D eigenvalue weighted by Crippen LogP contribution is -2.67. The molecule has 2 atom stereocenters. The normalized spacial score (nSPS) is 27.5. The molecule has 0 radical (unpaired) electrons. The first-order valence-corrected chi connectivity index (χ1v) is 18.9. The van der Waals surface area contributed by atoms with Crippen LogP contribution in [0.5, 0.6) is 0 Å². The molecule has 1 saturated heterocycles. The summed E-state index contributed by atoms with van der Waals surface area (Å²) >= 11 is 0. The number of imide groups is 1. The van der Waals surface area contributed by atoms with Gasteiger partial charge in [-0.05, 0) is 91.2 Å². The Balaban J connectivity index is 1.04. The van der Waals surface area contributed by atoms with Crippen LogP contribution in [0.15, 0.2) is 71.7 Å². The van der Waals surface area contributed by atoms with E-state index >= 15 is 0 Å². The second-order valence-electron chi connectivity index (χ2n) is 15.9. The lowest BCUT2D eigenvalue weighted by Gasteiger charge is -2.60. The molecule has 282 valence electrons. The topological polar surface area (TPSA) is 161 Å². The molecule has 3 aromatic rings. The number of carbonyl (C=O) groups is 5. The van der Waals surface area contributed by atoms with Crippen molar-refractivity contribution in [3.8, 4) is 0 Å². The van der Waals surface area contributed by atoms with Crippen molar-refractivity contribution in [1.82, 2.24) is 25.3 Å². The van der Waals surface area contributed by atoms with E-state index in [0.29, 0.717) is 49.1 Å². The molecule has 4 bridgehead atoms. The number of carboxylic acid groups (broad SMARTS) is 1. The van der Waals surface area contributed by atoms with Crippen LogP contribution in [0.1, 0.15) is 62.1 Å². The Hall–Kier alpha value is -5.46. The lowest BCUT2D eigenvalue weighted by molar-refractivity contribution is -0.151. The minimum atomic E-state index is -1.46. The number of carbonyl (C=O) groups excluding carboxylic acids is 4. The van der Waals surface area contributed by atoms with Crippen LogP contribution in [0.25, 0.3) is 10.8 Å². The van der Waals surface area contributed by atoms with Crippen molar-refractivity contribution < 1.29 is 33.8 Å². The van der Waals surface area contributed by atoms with Crippen LogP contribution in [0.4, 0.5) is 9.59 Å². The smallest absolute Gasteiger partial charge is 0.410 e. The Bertz CT molecular complexity index is 2010. The molecule has 2 aliphatic heterocycles. The van der Waals surface area contributed by atoms with E-state index in [0.717, 1.165) is 58.4 Å². The SMILES string of the molecule is COC(=O)N([C@@H](CNC(=O)CN1C(=O)N(Cc2ccc3ccccc3c2)[C@@](C)(c2ccc(C3=NCCN3)cc2)C1=O)C(=O)O)C12CC3CC(CC(C3)C1)C2. The van der Waals surface area contributed by atoms with Crippen LogP contribution < -0.4 is 10.6 Å². The number of urea groups is 1. The standard InChI is InChI=1S/C41H46N6O7/c1-40(32-11-9-30(10-12-32)35-42-13-14-43-35)37(51)45(38(52)46(40)23-25-7-8-29-5-3-4-6-31(29)18-25)24-34(48)44-22-33(36(49)50)47(39(53)54-2)41-19-26-15-27(20-41)17-28(16-26)21-41/h3-12,18,26-28,33H,13-17,19-24H2,1-2H3,(H,42,43)(H,44,48)(H,49,50)/t26?,27?,28?,33-,40-,41?/m0/s1. The molecule has 4 aliphatic carbocycles. The average Bonchev–Trinajstić information content (AvgIpc) is 3.76. The summed E-state index contributed by atoms with van der Waals surface area (Å²) in [6.45, 7) is 2.18. The van der Waals surface area contributed by atoms with Crippen LogP contribution in [-0.2, 0) is 31.2 Å². The maximum Gasteiger partial charge on any atom is 0.410 e. The predicted molar refractivity (Wildman–Crippen MR) is 199 cm³/mol. The molecule has 54 heavy (non-hydrogen) atoms. The van der Waals surface area contributed by atoms with Crippen molar-refractivity contribution in [2.24, 2.45) is 22.7 Å². The summed E-state index contributed by atoms with van der Waals surface area (Å²) in [6, 6.07) is 19.1. The van der Waals surface area contributed by atoms with E-state index in [2.05, 4.69) is 15.6 Å². The van der Waals surface area contributed by atoms with Crippen molar-refractivity contribution in [1.29, 1.82) is 0 Å². The van der Waals surface area contributed by atoms with E-state index in [1.807, 2.05) is 66.7 Å². The molecule has 13 heteroatoms. The number of benzene rings is 3. The van der Waals surface area contributed by atoms with E-state index in [9.17, 15) is 29.1 Å². The van der Waals surface area contributed by atoms with Gasteiger partial charge >= 0.3 is 18.1 Å². The number of aliphatic carboxylic acids is 1. The van der Waals surface area contributed by atoms with Gasteiger partial charge in [0.25, 0.3) is 5.91 Å². The summed E-state index contributed by atoms with van der Waals surface area (Å²) < 4.78 is 5.16. The van der Waals surface area contributed by atoms with Gasteiger partial charge in [-0.25, -0.2) is 14.4 Å². The molecule has 5 amide bonds. The molecule has 2 heterocycles. The minimum Gasteiger partial charge on any atom is -0.480 e. The largest absolute Gasteiger partial charge is 0.480 e. The minimum absolute atomic E-state index is 0.0975. The summed E-state index contributed by atoms with van der Waals surface area (Å²) in [5.41, 5.74) is 0.123. The Morgan fingerprint density at radius 3 is 2.26 bits per heavy atom. The van der Waals surface area contributed by atoms with Crippen LogP contribution >= 0.6 is 0 Å². The Morgan fingerprint density at radius 1 is 0.981 bits per heavy atom. The van der Waals surface area contributed by atoms with Crippen LogP contribution in [0.2, 0.25) is 0 Å². The Morgan fingerprint density at radius 2 is 1.65 bits per heavy atom. The summed E-state index contributed by atoms with van der Waals surface area (Å²) in [5, 5.41) is 18.4. The molecule has 3 N–H and O–H groups in total.